The van der Waals surface area contributed by atoms with Crippen molar-refractivity contribution in [3.05, 3.63) is 0 Å². The van der Waals surface area contributed by atoms with Crippen molar-refractivity contribution in [1.29, 1.82) is 0 Å². The molecule has 58 valence electrons. The lowest BCUT2D eigenvalue weighted by Gasteiger charge is -2.06. The molecule has 0 aromatic rings. The summed E-state index contributed by atoms with van der Waals surface area (Å²) >= 11 is 0. The fraction of sp³-hybridized carbons (Fsp3) is 0.857. The Morgan fingerprint density at radius 3 is 2.80 bits per heavy atom. The minimum Gasteiger partial charge on any atom is -0.477 e. The van der Waals surface area contributed by atoms with Crippen LogP contribution < -0.4 is 0 Å². The second-order valence-electron chi connectivity index (χ2n) is 2.80. The SMILES string of the molecule is CC(C)[C@H]1COC(CO)=N1. The van der Waals surface area contributed by atoms with Gasteiger partial charge in [0.05, 0.1) is 6.04 Å². The van der Waals surface area contributed by atoms with Gasteiger partial charge in [0, 0.05) is 0 Å². The molecule has 0 bridgehead atoms. The Labute approximate surface area is 60.7 Å². The lowest BCUT2D eigenvalue weighted by molar-refractivity contribution is 0.257. The van der Waals surface area contributed by atoms with Crippen LogP contribution in [-0.4, -0.2) is 30.3 Å². The molecule has 0 spiro atoms. The van der Waals surface area contributed by atoms with E-state index in [0.717, 1.165) is 0 Å². The predicted molar refractivity (Wildman–Crippen MR) is 39.1 cm³/mol. The molecule has 0 aromatic carbocycles. The molecule has 1 N–H and O–H groups in total. The molecule has 1 aliphatic heterocycles. The summed E-state index contributed by atoms with van der Waals surface area (Å²) in [5.41, 5.74) is 0. The van der Waals surface area contributed by atoms with Crippen LogP contribution in [0.1, 0.15) is 13.8 Å². The van der Waals surface area contributed by atoms with E-state index >= 15 is 0 Å². The summed E-state index contributed by atoms with van der Waals surface area (Å²) in [5, 5.41) is 8.61. The summed E-state index contributed by atoms with van der Waals surface area (Å²) in [6.45, 7) is 4.76. The highest BCUT2D eigenvalue weighted by Gasteiger charge is 2.20. The van der Waals surface area contributed by atoms with E-state index in [1.165, 1.54) is 0 Å². The third kappa shape index (κ3) is 1.48. The molecule has 0 amide bonds. The third-order valence-corrected chi connectivity index (χ3v) is 1.64. The number of nitrogens with zero attached hydrogens (tertiary/aromatic N) is 1. The maximum atomic E-state index is 8.61. The number of aliphatic hydroxyl groups is 1. The normalized spacial score (nSPS) is 24.8. The minimum absolute atomic E-state index is 0.0663. The Kier molecular flexibility index (Phi) is 2.27. The van der Waals surface area contributed by atoms with Crippen molar-refractivity contribution < 1.29 is 9.84 Å². The Bertz CT molecular complexity index is 143. The van der Waals surface area contributed by atoms with Crippen LogP contribution in [0.3, 0.4) is 0 Å². The fourth-order valence-corrected chi connectivity index (χ4v) is 0.869. The Morgan fingerprint density at radius 1 is 1.80 bits per heavy atom. The van der Waals surface area contributed by atoms with Gasteiger partial charge in [0.25, 0.3) is 0 Å². The van der Waals surface area contributed by atoms with E-state index in [1.807, 2.05) is 0 Å². The lowest BCUT2D eigenvalue weighted by Crippen LogP contribution is -2.13. The fourth-order valence-electron chi connectivity index (χ4n) is 0.869. The molecule has 0 saturated carbocycles. The van der Waals surface area contributed by atoms with E-state index in [9.17, 15) is 0 Å². The summed E-state index contributed by atoms with van der Waals surface area (Å²) in [4.78, 5) is 4.15. The first-order valence-electron chi connectivity index (χ1n) is 3.54. The number of aliphatic hydroxyl groups excluding tert-OH is 1. The first-order valence-corrected chi connectivity index (χ1v) is 3.54. The molecule has 1 rings (SSSR count). The smallest absolute Gasteiger partial charge is 0.210 e. The first-order chi connectivity index (χ1) is 4.74. The molecule has 0 unspecified atom stereocenters. The average Bonchev–Trinajstić information content (AvgIpc) is 2.34. The first kappa shape index (κ1) is 7.54. The Balaban J connectivity index is 2.47. The summed E-state index contributed by atoms with van der Waals surface area (Å²) < 4.78 is 5.08. The number of ether oxygens (including phenoxy) is 1. The maximum absolute atomic E-state index is 8.61. The molecule has 1 atom stereocenters. The van der Waals surface area contributed by atoms with Gasteiger partial charge in [-0.15, -0.1) is 0 Å². The molecule has 0 aliphatic carbocycles. The van der Waals surface area contributed by atoms with Gasteiger partial charge in [-0.2, -0.15) is 0 Å². The van der Waals surface area contributed by atoms with Crippen molar-refractivity contribution in [2.75, 3.05) is 13.2 Å². The van der Waals surface area contributed by atoms with Gasteiger partial charge in [-0.1, -0.05) is 13.8 Å². The van der Waals surface area contributed by atoms with E-state index in [0.29, 0.717) is 18.4 Å². The zero-order valence-corrected chi connectivity index (χ0v) is 6.37. The Morgan fingerprint density at radius 2 is 2.50 bits per heavy atom. The summed E-state index contributed by atoms with van der Waals surface area (Å²) in [5.74, 6) is 0.989. The molecule has 10 heavy (non-hydrogen) atoms. The van der Waals surface area contributed by atoms with Crippen LogP contribution in [0, 0.1) is 5.92 Å². The minimum atomic E-state index is -0.0663. The van der Waals surface area contributed by atoms with E-state index in [1.54, 1.807) is 0 Å². The molecular formula is C7H13NO2. The van der Waals surface area contributed by atoms with E-state index in [4.69, 9.17) is 9.84 Å². The monoisotopic (exact) mass is 143 g/mol. The molecule has 0 saturated heterocycles. The quantitative estimate of drug-likeness (QED) is 0.609. The van der Waals surface area contributed by atoms with Gasteiger partial charge in [-0.25, -0.2) is 4.99 Å². The zero-order chi connectivity index (χ0) is 7.56. The van der Waals surface area contributed by atoms with Crippen molar-refractivity contribution in [3.63, 3.8) is 0 Å². The van der Waals surface area contributed by atoms with Crippen LogP contribution in [0.4, 0.5) is 0 Å². The van der Waals surface area contributed by atoms with Gasteiger partial charge in [0.2, 0.25) is 5.90 Å². The van der Waals surface area contributed by atoms with Gasteiger partial charge >= 0.3 is 0 Å². The van der Waals surface area contributed by atoms with Crippen LogP contribution >= 0.6 is 0 Å². The van der Waals surface area contributed by atoms with Crippen molar-refractivity contribution >= 4 is 5.90 Å². The van der Waals surface area contributed by atoms with Crippen LogP contribution in [0.2, 0.25) is 0 Å². The highest BCUT2D eigenvalue weighted by Crippen LogP contribution is 2.12. The molecule has 1 aliphatic rings. The predicted octanol–water partition coefficient (Wildman–Crippen LogP) is 0.432. The van der Waals surface area contributed by atoms with Crippen molar-refractivity contribution in [3.8, 4) is 0 Å². The molecule has 3 heteroatoms. The number of hydrogen-bond acceptors (Lipinski definition) is 3. The van der Waals surface area contributed by atoms with Crippen molar-refractivity contribution in [2.24, 2.45) is 10.9 Å². The number of rotatable bonds is 2. The van der Waals surface area contributed by atoms with Crippen LogP contribution in [0.5, 0.6) is 0 Å². The second kappa shape index (κ2) is 3.01. The molecule has 1 heterocycles. The molecule has 0 fully saturated rings. The summed E-state index contributed by atoms with van der Waals surface area (Å²) in [6.07, 6.45) is 0. The molecular weight excluding hydrogens is 130 g/mol. The molecule has 0 aromatic heterocycles. The van der Waals surface area contributed by atoms with Gasteiger partial charge in [0.15, 0.2) is 0 Å². The van der Waals surface area contributed by atoms with Crippen molar-refractivity contribution in [2.45, 2.75) is 19.9 Å². The van der Waals surface area contributed by atoms with Crippen LogP contribution in [0.15, 0.2) is 4.99 Å². The van der Waals surface area contributed by atoms with Crippen LogP contribution in [0.25, 0.3) is 0 Å². The largest absolute Gasteiger partial charge is 0.477 e. The Hall–Kier alpha value is -0.570. The average molecular weight is 143 g/mol. The van der Waals surface area contributed by atoms with Crippen LogP contribution in [-0.2, 0) is 4.74 Å². The number of hydrogen-bond donors (Lipinski definition) is 1. The van der Waals surface area contributed by atoms with E-state index in [2.05, 4.69) is 18.8 Å². The third-order valence-electron chi connectivity index (χ3n) is 1.64. The second-order valence-corrected chi connectivity index (χ2v) is 2.80. The maximum Gasteiger partial charge on any atom is 0.210 e. The molecule has 0 radical (unpaired) electrons. The summed E-state index contributed by atoms with van der Waals surface area (Å²) in [7, 11) is 0. The van der Waals surface area contributed by atoms with E-state index in [-0.39, 0.29) is 12.6 Å². The van der Waals surface area contributed by atoms with Gasteiger partial charge in [-0.3, -0.25) is 0 Å². The zero-order valence-electron chi connectivity index (χ0n) is 6.37. The van der Waals surface area contributed by atoms with E-state index < -0.39 is 0 Å². The number of aliphatic imine (C=N–C) groups is 1. The van der Waals surface area contributed by atoms with Gasteiger partial charge < -0.3 is 9.84 Å². The lowest BCUT2D eigenvalue weighted by atomic mass is 10.1. The molecule has 3 nitrogen and oxygen atoms in total. The van der Waals surface area contributed by atoms with Crippen molar-refractivity contribution in [1.82, 2.24) is 0 Å². The highest BCUT2D eigenvalue weighted by atomic mass is 16.5. The highest BCUT2D eigenvalue weighted by molar-refractivity contribution is 5.78. The summed E-state index contributed by atoms with van der Waals surface area (Å²) in [6, 6.07) is 0.252. The topological polar surface area (TPSA) is 41.8 Å². The van der Waals surface area contributed by atoms with Gasteiger partial charge in [-0.05, 0) is 5.92 Å². The standard InChI is InChI=1S/C7H13NO2/c1-5(2)6-4-10-7(3-9)8-6/h5-6,9H,3-4H2,1-2H3/t6-/m1/s1. The van der Waals surface area contributed by atoms with Gasteiger partial charge in [0.1, 0.15) is 13.2 Å².